The van der Waals surface area contributed by atoms with Crippen LogP contribution in [-0.2, 0) is 4.79 Å². The van der Waals surface area contributed by atoms with E-state index in [0.717, 1.165) is 24.1 Å². The number of hydrogen-bond donors (Lipinski definition) is 2. The van der Waals surface area contributed by atoms with Crippen molar-refractivity contribution in [3.63, 3.8) is 0 Å². The summed E-state index contributed by atoms with van der Waals surface area (Å²) in [6.45, 7) is 4.80. The molecule has 5 nitrogen and oxygen atoms in total. The average Bonchev–Trinajstić information content (AvgIpc) is 2.48. The molecule has 1 saturated heterocycles. The van der Waals surface area contributed by atoms with Crippen molar-refractivity contribution in [1.82, 2.24) is 15.5 Å². The Labute approximate surface area is 133 Å². The molecule has 0 aromatic heterocycles. The lowest BCUT2D eigenvalue weighted by atomic mass is 10.2. The molecule has 2 amide bonds. The van der Waals surface area contributed by atoms with Gasteiger partial charge >= 0.3 is 0 Å². The van der Waals surface area contributed by atoms with E-state index in [9.17, 15) is 9.59 Å². The first kappa shape index (κ1) is 16.0. The third-order valence-corrected chi connectivity index (χ3v) is 4.08. The summed E-state index contributed by atoms with van der Waals surface area (Å²) in [5.74, 6) is -0.0521. The Morgan fingerprint density at radius 3 is 2.76 bits per heavy atom. The maximum absolute atomic E-state index is 12.1. The zero-order valence-corrected chi connectivity index (χ0v) is 13.6. The van der Waals surface area contributed by atoms with E-state index < -0.39 is 0 Å². The summed E-state index contributed by atoms with van der Waals surface area (Å²) in [5, 5.41) is 6.04. The Morgan fingerprint density at radius 2 is 2.10 bits per heavy atom. The van der Waals surface area contributed by atoms with Crippen LogP contribution < -0.4 is 10.6 Å². The lowest BCUT2D eigenvalue weighted by Gasteiger charge is -2.34. The molecule has 2 rings (SSSR count). The number of rotatable bonds is 4. The van der Waals surface area contributed by atoms with Crippen molar-refractivity contribution in [2.75, 3.05) is 26.2 Å². The van der Waals surface area contributed by atoms with Crippen molar-refractivity contribution in [2.45, 2.75) is 19.4 Å². The van der Waals surface area contributed by atoms with Crippen LogP contribution in [0.4, 0.5) is 0 Å². The van der Waals surface area contributed by atoms with E-state index in [1.165, 1.54) is 0 Å². The summed E-state index contributed by atoms with van der Waals surface area (Å²) in [6, 6.07) is 7.36. The molecule has 0 radical (unpaired) electrons. The molecule has 6 heteroatoms. The van der Waals surface area contributed by atoms with Crippen LogP contribution in [0.5, 0.6) is 0 Å². The largest absolute Gasteiger partial charge is 0.352 e. The van der Waals surface area contributed by atoms with Crippen LogP contribution in [0.25, 0.3) is 0 Å². The van der Waals surface area contributed by atoms with Gasteiger partial charge in [0, 0.05) is 48.7 Å². The Balaban J connectivity index is 1.77. The van der Waals surface area contributed by atoms with Crippen molar-refractivity contribution in [3.05, 3.63) is 34.3 Å². The van der Waals surface area contributed by atoms with E-state index in [2.05, 4.69) is 26.6 Å². The minimum Gasteiger partial charge on any atom is -0.352 e. The predicted octanol–water partition coefficient (Wildman–Crippen LogP) is 1.39. The van der Waals surface area contributed by atoms with Gasteiger partial charge in [0.05, 0.1) is 0 Å². The highest BCUT2D eigenvalue weighted by Gasteiger charge is 2.22. The number of nitrogens with one attached hydrogen (secondary N) is 2. The smallest absolute Gasteiger partial charge is 0.251 e. The summed E-state index contributed by atoms with van der Waals surface area (Å²) in [6.07, 6.45) is 0.340. The highest BCUT2D eigenvalue weighted by atomic mass is 79.9. The normalized spacial score (nSPS) is 18.4. The number of benzene rings is 1. The molecule has 1 aromatic rings. The van der Waals surface area contributed by atoms with Crippen molar-refractivity contribution >= 4 is 27.7 Å². The van der Waals surface area contributed by atoms with Crippen LogP contribution in [0.2, 0.25) is 0 Å². The fraction of sp³-hybridized carbons (Fsp3) is 0.467. The highest BCUT2D eigenvalue weighted by Crippen LogP contribution is 2.10. The highest BCUT2D eigenvalue weighted by molar-refractivity contribution is 9.10. The molecule has 1 heterocycles. The van der Waals surface area contributed by atoms with Crippen LogP contribution in [-0.4, -0.2) is 48.9 Å². The van der Waals surface area contributed by atoms with Crippen molar-refractivity contribution < 1.29 is 9.59 Å². The molecule has 0 spiro atoms. The van der Waals surface area contributed by atoms with E-state index in [4.69, 9.17) is 0 Å². The molecule has 1 fully saturated rings. The van der Waals surface area contributed by atoms with Crippen LogP contribution >= 0.6 is 15.9 Å². The Bertz CT molecular complexity index is 504. The lowest BCUT2D eigenvalue weighted by molar-refractivity contribution is -0.133. The third kappa shape index (κ3) is 4.54. The molecule has 1 atom stereocenters. The maximum atomic E-state index is 12.1. The lowest BCUT2D eigenvalue weighted by Crippen LogP contribution is -2.52. The second kappa shape index (κ2) is 7.56. The van der Waals surface area contributed by atoms with E-state index in [-0.39, 0.29) is 17.9 Å². The fourth-order valence-corrected chi connectivity index (χ4v) is 2.61. The van der Waals surface area contributed by atoms with Gasteiger partial charge in [-0.05, 0) is 31.2 Å². The van der Waals surface area contributed by atoms with Gasteiger partial charge in [0.25, 0.3) is 5.91 Å². The second-order valence-electron chi connectivity index (χ2n) is 5.15. The summed E-state index contributed by atoms with van der Waals surface area (Å²) >= 11 is 3.33. The summed E-state index contributed by atoms with van der Waals surface area (Å²) in [7, 11) is 0. The van der Waals surface area contributed by atoms with Gasteiger partial charge in [-0.25, -0.2) is 0 Å². The van der Waals surface area contributed by atoms with Crippen LogP contribution in [0.3, 0.4) is 0 Å². The number of carbonyl (C=O) groups is 2. The Hall–Kier alpha value is -1.40. The number of hydrogen-bond acceptors (Lipinski definition) is 3. The topological polar surface area (TPSA) is 61.4 Å². The molecule has 2 N–H and O–H groups in total. The first-order valence-corrected chi connectivity index (χ1v) is 7.91. The molecule has 1 aliphatic heterocycles. The monoisotopic (exact) mass is 353 g/mol. The van der Waals surface area contributed by atoms with Gasteiger partial charge in [-0.15, -0.1) is 0 Å². The summed E-state index contributed by atoms with van der Waals surface area (Å²) < 4.78 is 0.932. The van der Waals surface area contributed by atoms with Crippen LogP contribution in [0.1, 0.15) is 23.7 Å². The van der Waals surface area contributed by atoms with Crippen molar-refractivity contribution in [2.24, 2.45) is 0 Å². The van der Waals surface area contributed by atoms with Gasteiger partial charge in [0.2, 0.25) is 5.91 Å². The van der Waals surface area contributed by atoms with E-state index in [1.54, 1.807) is 12.1 Å². The zero-order chi connectivity index (χ0) is 15.2. The fourth-order valence-electron chi connectivity index (χ4n) is 2.34. The molecule has 21 heavy (non-hydrogen) atoms. The van der Waals surface area contributed by atoms with E-state index in [0.29, 0.717) is 18.5 Å². The number of nitrogens with zero attached hydrogens (tertiary/aromatic N) is 1. The molecule has 0 unspecified atom stereocenters. The van der Waals surface area contributed by atoms with Crippen molar-refractivity contribution in [1.29, 1.82) is 0 Å². The minimum atomic E-state index is -0.149. The molecule has 0 bridgehead atoms. The molecule has 1 aliphatic rings. The SMILES string of the molecule is C[C@@H]1CNCCN1C(=O)CCNC(=O)c1ccc(Br)cc1. The summed E-state index contributed by atoms with van der Waals surface area (Å²) in [4.78, 5) is 25.9. The first-order chi connectivity index (χ1) is 10.1. The Morgan fingerprint density at radius 1 is 1.38 bits per heavy atom. The molecule has 114 valence electrons. The molecular weight excluding hydrogens is 334 g/mol. The quantitative estimate of drug-likeness (QED) is 0.859. The standard InChI is InChI=1S/C15H20BrN3O2/c1-11-10-17-8-9-19(11)14(20)6-7-18-15(21)12-2-4-13(16)5-3-12/h2-5,11,17H,6-10H2,1H3,(H,18,21)/t11-/m1/s1. The van der Waals surface area contributed by atoms with Crippen LogP contribution in [0, 0.1) is 0 Å². The number of amides is 2. The van der Waals surface area contributed by atoms with Gasteiger partial charge in [0.15, 0.2) is 0 Å². The van der Waals surface area contributed by atoms with Gasteiger partial charge in [0.1, 0.15) is 0 Å². The predicted molar refractivity (Wildman–Crippen MR) is 85.1 cm³/mol. The van der Waals surface area contributed by atoms with Crippen LogP contribution in [0.15, 0.2) is 28.7 Å². The van der Waals surface area contributed by atoms with Gasteiger partial charge in [-0.2, -0.15) is 0 Å². The molecule has 0 saturated carbocycles. The van der Waals surface area contributed by atoms with E-state index >= 15 is 0 Å². The maximum Gasteiger partial charge on any atom is 0.251 e. The molecule has 1 aromatic carbocycles. The average molecular weight is 354 g/mol. The van der Waals surface area contributed by atoms with Crippen molar-refractivity contribution in [3.8, 4) is 0 Å². The number of piperazine rings is 1. The van der Waals surface area contributed by atoms with Gasteiger partial charge in [-0.3, -0.25) is 9.59 Å². The summed E-state index contributed by atoms with van der Waals surface area (Å²) in [5.41, 5.74) is 0.598. The third-order valence-electron chi connectivity index (χ3n) is 3.55. The first-order valence-electron chi connectivity index (χ1n) is 7.12. The zero-order valence-electron chi connectivity index (χ0n) is 12.1. The second-order valence-corrected chi connectivity index (χ2v) is 6.07. The van der Waals surface area contributed by atoms with Gasteiger partial charge < -0.3 is 15.5 Å². The van der Waals surface area contributed by atoms with Gasteiger partial charge in [-0.1, -0.05) is 15.9 Å². The Kier molecular flexibility index (Phi) is 5.76. The number of halogens is 1. The minimum absolute atomic E-state index is 0.0973. The number of carbonyl (C=O) groups excluding carboxylic acids is 2. The molecule has 0 aliphatic carbocycles. The molecular formula is C15H20BrN3O2. The van der Waals surface area contributed by atoms with E-state index in [1.807, 2.05) is 24.0 Å².